The second-order valence-corrected chi connectivity index (χ2v) is 7.09. The zero-order valence-electron chi connectivity index (χ0n) is 15.7. The fourth-order valence-electron chi connectivity index (χ4n) is 2.69. The lowest BCUT2D eigenvalue weighted by Gasteiger charge is -2.23. The Morgan fingerprint density at radius 2 is 1.70 bits per heavy atom. The summed E-state index contributed by atoms with van der Waals surface area (Å²) in [7, 11) is 0. The molecular formula is C20H33NO2. The summed E-state index contributed by atoms with van der Waals surface area (Å²) in [5, 5.41) is 0. The Morgan fingerprint density at radius 3 is 2.17 bits per heavy atom. The van der Waals surface area contributed by atoms with Crippen molar-refractivity contribution < 1.29 is 9.53 Å². The van der Waals surface area contributed by atoms with E-state index < -0.39 is 0 Å². The minimum absolute atomic E-state index is 0.0201. The van der Waals surface area contributed by atoms with Crippen molar-refractivity contribution in [2.24, 2.45) is 0 Å². The maximum absolute atomic E-state index is 12.9. The predicted molar refractivity (Wildman–Crippen MR) is 97.7 cm³/mol. The van der Waals surface area contributed by atoms with Crippen LogP contribution in [0.2, 0.25) is 0 Å². The maximum atomic E-state index is 12.9. The molecule has 0 aromatic heterocycles. The van der Waals surface area contributed by atoms with Crippen molar-refractivity contribution in [2.45, 2.75) is 59.8 Å². The number of hydrogen-bond donors (Lipinski definition) is 0. The molecule has 0 amide bonds. The monoisotopic (exact) mass is 319 g/mol. The van der Waals surface area contributed by atoms with Gasteiger partial charge in [0.1, 0.15) is 5.75 Å². The second-order valence-electron chi connectivity index (χ2n) is 7.09. The Kier molecular flexibility index (Phi) is 7.77. The predicted octanol–water partition coefficient (Wildman–Crippen LogP) is 4.69. The molecule has 1 aromatic carbocycles. The molecule has 0 atom stereocenters. The van der Waals surface area contributed by atoms with Crippen molar-refractivity contribution in [3.05, 3.63) is 29.3 Å². The Hall–Kier alpha value is -1.35. The molecule has 0 aliphatic rings. The molecule has 0 aliphatic heterocycles. The van der Waals surface area contributed by atoms with E-state index in [1.54, 1.807) is 0 Å². The number of hydrogen-bond acceptors (Lipinski definition) is 3. The van der Waals surface area contributed by atoms with Gasteiger partial charge in [-0.15, -0.1) is 0 Å². The molecule has 0 unspecified atom stereocenters. The molecule has 0 aliphatic carbocycles. The number of ketones is 1. The molecule has 3 nitrogen and oxygen atoms in total. The lowest BCUT2D eigenvalue weighted by atomic mass is 9.85. The topological polar surface area (TPSA) is 29.5 Å². The van der Waals surface area contributed by atoms with Crippen molar-refractivity contribution in [1.29, 1.82) is 0 Å². The summed E-state index contributed by atoms with van der Waals surface area (Å²) in [6.07, 6.45) is 2.13. The van der Waals surface area contributed by atoms with Gasteiger partial charge >= 0.3 is 0 Å². The standard InChI is InChI=1S/C20H33NO2/c1-7-12-21(13-8-2)15-18(22)17-14-16(20(4,5)6)10-11-19(17)23-9-3/h10-11,14H,7-9,12-13,15H2,1-6H3. The largest absolute Gasteiger partial charge is 0.493 e. The zero-order valence-corrected chi connectivity index (χ0v) is 15.7. The average Bonchev–Trinajstić information content (AvgIpc) is 2.47. The van der Waals surface area contributed by atoms with Crippen LogP contribution in [-0.4, -0.2) is 36.9 Å². The van der Waals surface area contributed by atoms with Crippen molar-refractivity contribution in [2.75, 3.05) is 26.2 Å². The van der Waals surface area contributed by atoms with Crippen LogP contribution in [0.5, 0.6) is 5.75 Å². The van der Waals surface area contributed by atoms with Gasteiger partial charge in [0, 0.05) is 0 Å². The number of Topliss-reactive ketones (excluding diaryl/α,β-unsaturated/α-hetero) is 1. The molecule has 0 heterocycles. The van der Waals surface area contributed by atoms with Crippen molar-refractivity contribution in [1.82, 2.24) is 4.90 Å². The van der Waals surface area contributed by atoms with Crippen LogP contribution in [-0.2, 0) is 5.41 Å². The number of benzene rings is 1. The van der Waals surface area contributed by atoms with E-state index in [2.05, 4.69) is 45.6 Å². The number of carbonyl (C=O) groups excluding carboxylic acids is 1. The van der Waals surface area contributed by atoms with Crippen LogP contribution in [0.3, 0.4) is 0 Å². The first kappa shape index (κ1) is 19.7. The SMILES string of the molecule is CCCN(CCC)CC(=O)c1cc(C(C)(C)C)ccc1OCC. The molecule has 0 saturated carbocycles. The van der Waals surface area contributed by atoms with E-state index >= 15 is 0 Å². The van der Waals surface area contributed by atoms with Gasteiger partial charge in [-0.2, -0.15) is 0 Å². The van der Waals surface area contributed by atoms with Crippen LogP contribution in [0, 0.1) is 0 Å². The summed E-state index contributed by atoms with van der Waals surface area (Å²) >= 11 is 0. The van der Waals surface area contributed by atoms with Crippen LogP contribution >= 0.6 is 0 Å². The van der Waals surface area contributed by atoms with Gasteiger partial charge in [-0.05, 0) is 56.0 Å². The third kappa shape index (κ3) is 5.98. The molecule has 130 valence electrons. The van der Waals surface area contributed by atoms with Crippen LogP contribution in [0.15, 0.2) is 18.2 Å². The molecular weight excluding hydrogens is 286 g/mol. The van der Waals surface area contributed by atoms with Crippen molar-refractivity contribution in [3.8, 4) is 5.75 Å². The van der Waals surface area contributed by atoms with Crippen molar-refractivity contribution >= 4 is 5.78 Å². The smallest absolute Gasteiger partial charge is 0.180 e. The molecule has 0 spiro atoms. The maximum Gasteiger partial charge on any atom is 0.180 e. The van der Waals surface area contributed by atoms with Gasteiger partial charge in [-0.1, -0.05) is 40.7 Å². The van der Waals surface area contributed by atoms with E-state index in [1.165, 1.54) is 5.56 Å². The summed E-state index contributed by atoms with van der Waals surface area (Å²) in [5.74, 6) is 0.861. The van der Waals surface area contributed by atoms with Crippen LogP contribution in [0.4, 0.5) is 0 Å². The number of ether oxygens (including phenoxy) is 1. The Bertz CT molecular complexity index is 497. The Morgan fingerprint density at radius 1 is 1.09 bits per heavy atom. The highest BCUT2D eigenvalue weighted by Gasteiger charge is 2.20. The van der Waals surface area contributed by atoms with E-state index in [4.69, 9.17) is 4.74 Å². The van der Waals surface area contributed by atoms with E-state index in [0.717, 1.165) is 31.5 Å². The highest BCUT2D eigenvalue weighted by Crippen LogP contribution is 2.28. The lowest BCUT2D eigenvalue weighted by Crippen LogP contribution is -2.31. The molecule has 0 fully saturated rings. The molecule has 3 heteroatoms. The van der Waals surface area contributed by atoms with Crippen LogP contribution in [0.1, 0.15) is 70.3 Å². The highest BCUT2D eigenvalue weighted by molar-refractivity contribution is 6.00. The third-order valence-corrected chi connectivity index (χ3v) is 3.89. The van der Waals surface area contributed by atoms with E-state index in [1.807, 2.05) is 19.1 Å². The number of rotatable bonds is 9. The van der Waals surface area contributed by atoms with Crippen molar-refractivity contribution in [3.63, 3.8) is 0 Å². The molecule has 0 radical (unpaired) electrons. The summed E-state index contributed by atoms with van der Waals surface area (Å²) in [4.78, 5) is 15.1. The second kappa shape index (κ2) is 9.07. The van der Waals surface area contributed by atoms with Gasteiger partial charge in [0.05, 0.1) is 18.7 Å². The average molecular weight is 319 g/mol. The first-order valence-corrected chi connectivity index (χ1v) is 8.86. The van der Waals surface area contributed by atoms with E-state index in [-0.39, 0.29) is 11.2 Å². The minimum Gasteiger partial charge on any atom is -0.493 e. The van der Waals surface area contributed by atoms with Gasteiger partial charge in [-0.3, -0.25) is 9.69 Å². The molecule has 0 saturated heterocycles. The Balaban J connectivity index is 3.08. The number of nitrogens with zero attached hydrogens (tertiary/aromatic N) is 1. The quantitative estimate of drug-likeness (QED) is 0.619. The van der Waals surface area contributed by atoms with Gasteiger partial charge in [0.25, 0.3) is 0 Å². The van der Waals surface area contributed by atoms with Crippen LogP contribution < -0.4 is 4.74 Å². The van der Waals surface area contributed by atoms with E-state index in [9.17, 15) is 4.79 Å². The minimum atomic E-state index is 0.0201. The summed E-state index contributed by atoms with van der Waals surface area (Å²) in [6, 6.07) is 6.03. The summed E-state index contributed by atoms with van der Waals surface area (Å²) in [6.45, 7) is 15.7. The Labute approximate surface area is 142 Å². The third-order valence-electron chi connectivity index (χ3n) is 3.89. The van der Waals surface area contributed by atoms with Gasteiger partial charge in [0.15, 0.2) is 5.78 Å². The zero-order chi connectivity index (χ0) is 17.5. The van der Waals surface area contributed by atoms with Gasteiger partial charge in [-0.25, -0.2) is 0 Å². The molecule has 0 bridgehead atoms. The van der Waals surface area contributed by atoms with Gasteiger partial charge < -0.3 is 4.74 Å². The van der Waals surface area contributed by atoms with E-state index in [0.29, 0.717) is 18.9 Å². The summed E-state index contributed by atoms with van der Waals surface area (Å²) in [5.41, 5.74) is 1.91. The fraction of sp³-hybridized carbons (Fsp3) is 0.650. The molecule has 1 aromatic rings. The fourth-order valence-corrected chi connectivity index (χ4v) is 2.69. The first-order chi connectivity index (χ1) is 10.8. The number of carbonyl (C=O) groups is 1. The summed E-state index contributed by atoms with van der Waals surface area (Å²) < 4.78 is 5.69. The van der Waals surface area contributed by atoms with Crippen LogP contribution in [0.25, 0.3) is 0 Å². The normalized spacial score (nSPS) is 11.8. The molecule has 0 N–H and O–H groups in total. The molecule has 1 rings (SSSR count). The highest BCUT2D eigenvalue weighted by atomic mass is 16.5. The van der Waals surface area contributed by atoms with Gasteiger partial charge in [0.2, 0.25) is 0 Å². The lowest BCUT2D eigenvalue weighted by molar-refractivity contribution is 0.0926. The first-order valence-electron chi connectivity index (χ1n) is 8.86. The molecule has 23 heavy (non-hydrogen) atoms.